The first kappa shape index (κ1) is 14.9. The molecule has 2 aromatic carbocycles. The molecule has 1 saturated heterocycles. The highest BCUT2D eigenvalue weighted by Crippen LogP contribution is 2.27. The third kappa shape index (κ3) is 3.17. The zero-order valence-electron chi connectivity index (χ0n) is 10.9. The molecule has 106 valence electrons. The quantitative estimate of drug-likeness (QED) is 0.861. The minimum atomic E-state index is -0.545. The van der Waals surface area contributed by atoms with Gasteiger partial charge >= 0.3 is 0 Å². The molecule has 0 aliphatic carbocycles. The molecule has 0 radical (unpaired) electrons. The smallest absolute Gasteiger partial charge is 0.126 e. The van der Waals surface area contributed by atoms with Crippen molar-refractivity contribution in [2.45, 2.75) is 18.9 Å². The molecule has 1 nitrogen and oxygen atoms in total. The Kier molecular flexibility index (Phi) is 4.73. The molecule has 1 aliphatic rings. The molecule has 3 rings (SSSR count). The molecule has 1 fully saturated rings. The van der Waals surface area contributed by atoms with E-state index >= 15 is 0 Å². The van der Waals surface area contributed by atoms with Gasteiger partial charge in [-0.15, -0.1) is 12.4 Å². The zero-order chi connectivity index (χ0) is 13.2. The molecule has 20 heavy (non-hydrogen) atoms. The van der Waals surface area contributed by atoms with Crippen LogP contribution in [0, 0.1) is 11.6 Å². The Bertz CT molecular complexity index is 557. The fourth-order valence-electron chi connectivity index (χ4n) is 2.60. The standard InChI is InChI=1S/C16H15F2N.ClH/c17-14-8-13(9-15(18)10-14)11-3-5-12(6-4-11)16-2-1-7-19-16;/h3-6,8-10,16,19H,1-2,7H2;1H. The average Bonchev–Trinajstić information content (AvgIpc) is 2.91. The Morgan fingerprint density at radius 1 is 0.900 bits per heavy atom. The molecule has 0 amide bonds. The predicted molar refractivity (Wildman–Crippen MR) is 79.0 cm³/mol. The van der Waals surface area contributed by atoms with E-state index in [1.54, 1.807) is 0 Å². The number of hydrogen-bond donors (Lipinski definition) is 1. The molecule has 0 aromatic heterocycles. The van der Waals surface area contributed by atoms with Crippen LogP contribution in [-0.2, 0) is 0 Å². The Balaban J connectivity index is 0.00000147. The van der Waals surface area contributed by atoms with Crippen LogP contribution in [0.3, 0.4) is 0 Å². The molecule has 1 heterocycles. The van der Waals surface area contributed by atoms with Crippen LogP contribution in [-0.4, -0.2) is 6.54 Å². The normalized spacial score (nSPS) is 17.8. The van der Waals surface area contributed by atoms with Crippen molar-refractivity contribution in [2.75, 3.05) is 6.54 Å². The summed E-state index contributed by atoms with van der Waals surface area (Å²) in [5, 5.41) is 3.43. The molecule has 4 heteroatoms. The van der Waals surface area contributed by atoms with Crippen LogP contribution in [0.4, 0.5) is 8.78 Å². The molecule has 1 atom stereocenters. The van der Waals surface area contributed by atoms with E-state index in [9.17, 15) is 8.78 Å². The molecular weight excluding hydrogens is 280 g/mol. The van der Waals surface area contributed by atoms with Gasteiger partial charge in [-0.3, -0.25) is 0 Å². The first-order valence-corrected chi connectivity index (χ1v) is 6.52. The second-order valence-electron chi connectivity index (χ2n) is 4.93. The second kappa shape index (κ2) is 6.33. The highest BCUT2D eigenvalue weighted by atomic mass is 35.5. The molecule has 1 aliphatic heterocycles. The first-order chi connectivity index (χ1) is 9.22. The van der Waals surface area contributed by atoms with Crippen molar-refractivity contribution < 1.29 is 8.78 Å². The monoisotopic (exact) mass is 295 g/mol. The summed E-state index contributed by atoms with van der Waals surface area (Å²) < 4.78 is 26.4. The number of hydrogen-bond acceptors (Lipinski definition) is 1. The lowest BCUT2D eigenvalue weighted by molar-refractivity contribution is 0.584. The lowest BCUT2D eigenvalue weighted by Crippen LogP contribution is -2.12. The molecule has 2 aromatic rings. The molecule has 0 saturated carbocycles. The summed E-state index contributed by atoms with van der Waals surface area (Å²) in [5.74, 6) is -1.09. The van der Waals surface area contributed by atoms with E-state index in [-0.39, 0.29) is 12.4 Å². The van der Waals surface area contributed by atoms with Crippen LogP contribution in [0.1, 0.15) is 24.4 Å². The van der Waals surface area contributed by atoms with Gasteiger partial charge in [0.1, 0.15) is 11.6 Å². The SMILES string of the molecule is Cl.Fc1cc(F)cc(-c2ccc(C3CCCN3)cc2)c1. The topological polar surface area (TPSA) is 12.0 Å². The summed E-state index contributed by atoms with van der Waals surface area (Å²) in [6, 6.07) is 11.9. The van der Waals surface area contributed by atoms with Crippen LogP contribution in [0.5, 0.6) is 0 Å². The lowest BCUT2D eigenvalue weighted by atomic mass is 10.00. The van der Waals surface area contributed by atoms with E-state index in [1.807, 2.05) is 24.3 Å². The van der Waals surface area contributed by atoms with Crippen molar-refractivity contribution in [3.8, 4) is 11.1 Å². The van der Waals surface area contributed by atoms with Gasteiger partial charge in [0, 0.05) is 12.1 Å². The largest absolute Gasteiger partial charge is 0.310 e. The van der Waals surface area contributed by atoms with E-state index in [0.717, 1.165) is 24.6 Å². The highest BCUT2D eigenvalue weighted by molar-refractivity contribution is 5.85. The summed E-state index contributed by atoms with van der Waals surface area (Å²) >= 11 is 0. The van der Waals surface area contributed by atoms with E-state index in [1.165, 1.54) is 24.1 Å². The van der Waals surface area contributed by atoms with Gasteiger partial charge in [0.2, 0.25) is 0 Å². The summed E-state index contributed by atoms with van der Waals surface area (Å²) in [7, 11) is 0. The predicted octanol–water partition coefficient (Wildman–Crippen LogP) is 4.48. The summed E-state index contributed by atoms with van der Waals surface area (Å²) in [5.41, 5.74) is 2.64. The number of nitrogens with one attached hydrogen (secondary N) is 1. The third-order valence-corrected chi connectivity index (χ3v) is 3.57. The fraction of sp³-hybridized carbons (Fsp3) is 0.250. The van der Waals surface area contributed by atoms with Gasteiger partial charge in [0.15, 0.2) is 0 Å². The number of rotatable bonds is 2. The van der Waals surface area contributed by atoms with Gasteiger partial charge in [-0.2, -0.15) is 0 Å². The third-order valence-electron chi connectivity index (χ3n) is 3.57. The molecule has 1 N–H and O–H groups in total. The van der Waals surface area contributed by atoms with E-state index < -0.39 is 11.6 Å². The average molecular weight is 296 g/mol. The van der Waals surface area contributed by atoms with Crippen molar-refractivity contribution in [1.29, 1.82) is 0 Å². The number of benzene rings is 2. The Hall–Kier alpha value is -1.45. The van der Waals surface area contributed by atoms with Crippen LogP contribution >= 0.6 is 12.4 Å². The van der Waals surface area contributed by atoms with Gasteiger partial charge < -0.3 is 5.32 Å². The van der Waals surface area contributed by atoms with E-state index in [2.05, 4.69) is 5.32 Å². The van der Waals surface area contributed by atoms with Crippen molar-refractivity contribution >= 4 is 12.4 Å². The van der Waals surface area contributed by atoms with Crippen molar-refractivity contribution in [2.24, 2.45) is 0 Å². The van der Waals surface area contributed by atoms with Crippen molar-refractivity contribution in [1.82, 2.24) is 5.32 Å². The highest BCUT2D eigenvalue weighted by Gasteiger charge is 2.15. The maximum Gasteiger partial charge on any atom is 0.126 e. The Morgan fingerprint density at radius 2 is 1.55 bits per heavy atom. The van der Waals surface area contributed by atoms with Crippen LogP contribution in [0.2, 0.25) is 0 Å². The molecule has 1 unspecified atom stereocenters. The maximum absolute atomic E-state index is 13.2. The molecular formula is C16H16ClF2N. The second-order valence-corrected chi connectivity index (χ2v) is 4.93. The fourth-order valence-corrected chi connectivity index (χ4v) is 2.60. The van der Waals surface area contributed by atoms with E-state index in [0.29, 0.717) is 11.6 Å². The van der Waals surface area contributed by atoms with Gasteiger partial charge in [0.05, 0.1) is 0 Å². The first-order valence-electron chi connectivity index (χ1n) is 6.52. The van der Waals surface area contributed by atoms with Gasteiger partial charge in [-0.1, -0.05) is 24.3 Å². The van der Waals surface area contributed by atoms with Crippen LogP contribution < -0.4 is 5.32 Å². The van der Waals surface area contributed by atoms with E-state index in [4.69, 9.17) is 0 Å². The summed E-state index contributed by atoms with van der Waals surface area (Å²) in [4.78, 5) is 0. The van der Waals surface area contributed by atoms with Crippen molar-refractivity contribution in [3.05, 3.63) is 59.7 Å². The molecule has 0 bridgehead atoms. The van der Waals surface area contributed by atoms with Crippen LogP contribution in [0.25, 0.3) is 11.1 Å². The van der Waals surface area contributed by atoms with Gasteiger partial charge in [-0.05, 0) is 48.2 Å². The minimum Gasteiger partial charge on any atom is -0.310 e. The zero-order valence-corrected chi connectivity index (χ0v) is 11.7. The summed E-state index contributed by atoms with van der Waals surface area (Å²) in [6.07, 6.45) is 2.34. The van der Waals surface area contributed by atoms with Gasteiger partial charge in [-0.25, -0.2) is 8.78 Å². The lowest BCUT2D eigenvalue weighted by Gasteiger charge is -2.11. The number of halogens is 3. The van der Waals surface area contributed by atoms with Crippen molar-refractivity contribution in [3.63, 3.8) is 0 Å². The van der Waals surface area contributed by atoms with Gasteiger partial charge in [0.25, 0.3) is 0 Å². The molecule has 0 spiro atoms. The minimum absolute atomic E-state index is 0. The Morgan fingerprint density at radius 3 is 2.10 bits per heavy atom. The van der Waals surface area contributed by atoms with Crippen LogP contribution in [0.15, 0.2) is 42.5 Å². The Labute approximate surface area is 123 Å². The summed E-state index contributed by atoms with van der Waals surface area (Å²) in [6.45, 7) is 1.06. The maximum atomic E-state index is 13.2.